The van der Waals surface area contributed by atoms with Crippen LogP contribution < -0.4 is 0 Å². The standard InChI is InChI=1S/2C45H26N4.C43H23N5/c1-2-14-30-27(11-1)22-23-40-41(30)36-26-35-32-16-4-7-20-38(32)49-39-21-8-5-17-34(39)42(43(35)49)44(36)47(40)28-12-9-13-29(25-28)48-37-19-6-3-15-31(37)33-18-10-24-46-45(33)48;1-2-13-30-27(10-1)20-21-40-42(30)36-25-35-32-15-4-7-18-38(32)49-39-19-8-5-16-34(39)43(44(35)49)45(36)48(40)29-12-9-11-28(24-29)47-37-17-6-3-14-31(37)33-22-23-46-26-41(33)47;44-24-25-10-9-12-27(22-25)40-30-15-3-6-17-34(30)45-43(46-40)48-37-21-20-26-11-1-2-13-28(26)38(37)33-23-32-29-14-4-7-18-35(29)47-36-19-8-5-16-31(36)39(41(32)47)42(33)48/h2*1-26H;1-23H. The molecule has 0 aliphatic rings. The average molecular weight is 1860 g/mol. The maximum Gasteiger partial charge on any atom is 0.235 e. The van der Waals surface area contributed by atoms with E-state index in [-0.39, 0.29) is 0 Å². The van der Waals surface area contributed by atoms with Gasteiger partial charge in [-0.1, -0.05) is 279 Å². The van der Waals surface area contributed by atoms with Crippen LogP contribution in [-0.4, -0.2) is 56.0 Å². The Morgan fingerprint density at radius 3 is 1.03 bits per heavy atom. The molecule has 14 heterocycles. The lowest BCUT2D eigenvalue weighted by molar-refractivity contribution is 1.02. The van der Waals surface area contributed by atoms with Crippen LogP contribution in [0.2, 0.25) is 0 Å². The molecule has 0 atom stereocenters. The molecule has 14 aromatic heterocycles. The van der Waals surface area contributed by atoms with Crippen molar-refractivity contribution in [3.05, 3.63) is 461 Å². The molecule has 13 nitrogen and oxygen atoms in total. The molecule has 672 valence electrons. The number of fused-ring (bicyclic) bond motifs is 43. The van der Waals surface area contributed by atoms with Gasteiger partial charge >= 0.3 is 0 Å². The maximum atomic E-state index is 9.74. The molecular weight excluding hydrogens is 1780 g/mol. The van der Waals surface area contributed by atoms with E-state index >= 15 is 0 Å². The molecule has 0 saturated heterocycles. The first-order valence-electron chi connectivity index (χ1n) is 49.7. The highest BCUT2D eigenvalue weighted by atomic mass is 15.2. The number of nitrogens with zero attached hydrogens (tertiary/aromatic N) is 13. The average Bonchev–Trinajstić information content (AvgIpc) is 1.52. The second-order valence-corrected chi connectivity index (χ2v) is 38.9. The van der Waals surface area contributed by atoms with Crippen LogP contribution in [0.4, 0.5) is 0 Å². The minimum Gasteiger partial charge on any atom is -0.308 e. The first kappa shape index (κ1) is 78.8. The van der Waals surface area contributed by atoms with Crippen LogP contribution in [0.1, 0.15) is 5.56 Å². The van der Waals surface area contributed by atoms with Gasteiger partial charge in [-0.15, -0.1) is 0 Å². The van der Waals surface area contributed by atoms with E-state index in [4.69, 9.17) is 15.0 Å². The number of para-hydroxylation sites is 9. The molecule has 35 aromatic rings. The van der Waals surface area contributed by atoms with Crippen molar-refractivity contribution in [2.24, 2.45) is 0 Å². The quantitative estimate of drug-likeness (QED) is 0.165. The molecule has 0 bridgehead atoms. The van der Waals surface area contributed by atoms with Crippen molar-refractivity contribution in [2.75, 3.05) is 0 Å². The van der Waals surface area contributed by atoms with E-state index in [0.717, 1.165) is 78.0 Å². The van der Waals surface area contributed by atoms with Gasteiger partial charge in [0.1, 0.15) is 5.65 Å². The summed E-state index contributed by atoms with van der Waals surface area (Å²) in [7, 11) is 0. The molecule has 13 heteroatoms. The number of nitriles is 1. The van der Waals surface area contributed by atoms with Crippen molar-refractivity contribution in [3.63, 3.8) is 0 Å². The molecule has 0 saturated carbocycles. The van der Waals surface area contributed by atoms with Crippen LogP contribution in [0, 0.1) is 11.3 Å². The SMILES string of the molecule is N#Cc1cccc(-c2nc(-n3c4ccc5ccccc5c4c4cc5c6ccccc6n6c7ccccc7c(c43)c56)nc3ccccc23)c1.c1cc(-n2c3ccccc3c3cccnc32)cc(-n2c3ccc4ccccc4c3c3cc4c5ccccc5n5c6ccccc6c(c32)c45)c1.c1cc(-n2c3ccccc3c3ccncc32)cc(-n2c3ccc4ccccc4c3c3cc4c5ccccc5n5c6ccccc6c(c32)c45)c1. The summed E-state index contributed by atoms with van der Waals surface area (Å²) in [4.78, 5) is 20.1. The van der Waals surface area contributed by atoms with Gasteiger partial charge in [-0.05, 0) is 190 Å². The number of rotatable bonds is 6. The van der Waals surface area contributed by atoms with Gasteiger partial charge < -0.3 is 26.9 Å². The lowest BCUT2D eigenvalue weighted by Crippen LogP contribution is -2.03. The Kier molecular flexibility index (Phi) is 15.9. The molecule has 0 N–H and O–H groups in total. The van der Waals surface area contributed by atoms with Gasteiger partial charge in [-0.3, -0.25) is 14.1 Å². The van der Waals surface area contributed by atoms with Gasteiger partial charge in [0.25, 0.3) is 0 Å². The summed E-state index contributed by atoms with van der Waals surface area (Å²) in [5, 5.41) is 45.6. The van der Waals surface area contributed by atoms with E-state index < -0.39 is 0 Å². The number of aromatic nitrogens is 12. The molecule has 0 unspecified atom stereocenters. The van der Waals surface area contributed by atoms with Crippen LogP contribution in [0.5, 0.6) is 0 Å². The summed E-state index contributed by atoms with van der Waals surface area (Å²) in [6.07, 6.45) is 5.77. The largest absolute Gasteiger partial charge is 0.308 e. The van der Waals surface area contributed by atoms with Crippen LogP contribution in [-0.2, 0) is 0 Å². The Hall–Kier alpha value is -20.1. The summed E-state index contributed by atoms with van der Waals surface area (Å²) in [6, 6.07) is 160. The minimum absolute atomic E-state index is 0.597. The summed E-state index contributed by atoms with van der Waals surface area (Å²) in [6.45, 7) is 0. The zero-order valence-corrected chi connectivity index (χ0v) is 78.1. The van der Waals surface area contributed by atoms with Gasteiger partial charge in [0.2, 0.25) is 5.95 Å². The Bertz CT molecular complexity index is 11400. The highest BCUT2D eigenvalue weighted by molar-refractivity contribution is 6.40. The highest BCUT2D eigenvalue weighted by Gasteiger charge is 2.32. The number of hydrogen-bond acceptors (Lipinski definition) is 5. The fourth-order valence-electron chi connectivity index (χ4n) is 25.9. The van der Waals surface area contributed by atoms with Crippen molar-refractivity contribution in [2.45, 2.75) is 0 Å². The Balaban J connectivity index is 0.0000000958. The zero-order chi connectivity index (χ0) is 95.1. The van der Waals surface area contributed by atoms with Crippen molar-refractivity contribution < 1.29 is 0 Å². The Labute approximate surface area is 829 Å². The van der Waals surface area contributed by atoms with Gasteiger partial charge in [0.05, 0.1) is 128 Å². The molecular formula is C133H75N13. The molecule has 0 aliphatic carbocycles. The Morgan fingerprint density at radius 2 is 0.562 bits per heavy atom. The van der Waals surface area contributed by atoms with Crippen molar-refractivity contribution in [1.82, 2.24) is 56.0 Å². The fraction of sp³-hybridized carbons (Fsp3) is 0. The summed E-state index contributed by atoms with van der Waals surface area (Å²) < 4.78 is 19.4. The molecule has 0 radical (unpaired) electrons. The maximum absolute atomic E-state index is 9.74. The highest BCUT2D eigenvalue weighted by Crippen LogP contribution is 2.54. The van der Waals surface area contributed by atoms with E-state index in [1.807, 2.05) is 67.1 Å². The summed E-state index contributed by atoms with van der Waals surface area (Å²) in [5.41, 5.74) is 30.2. The van der Waals surface area contributed by atoms with Gasteiger partial charge in [0, 0.05) is 165 Å². The predicted molar refractivity (Wildman–Crippen MR) is 606 cm³/mol. The van der Waals surface area contributed by atoms with Crippen LogP contribution >= 0.6 is 0 Å². The van der Waals surface area contributed by atoms with Gasteiger partial charge in [0.15, 0.2) is 0 Å². The van der Waals surface area contributed by atoms with Gasteiger partial charge in [-0.25, -0.2) is 15.0 Å². The molecule has 0 spiro atoms. The third kappa shape index (κ3) is 10.6. The van der Waals surface area contributed by atoms with Crippen molar-refractivity contribution >= 4 is 267 Å². The zero-order valence-electron chi connectivity index (χ0n) is 78.1. The topological polar surface area (TPSA) is 113 Å². The number of hydrogen-bond donors (Lipinski definition) is 0. The Morgan fingerprint density at radius 1 is 0.205 bits per heavy atom. The molecule has 21 aromatic carbocycles. The lowest BCUT2D eigenvalue weighted by atomic mass is 10.0. The normalized spacial score (nSPS) is 12.4. The second kappa shape index (κ2) is 29.5. The van der Waals surface area contributed by atoms with Crippen molar-refractivity contribution in [3.8, 4) is 46.0 Å². The molecule has 0 fully saturated rings. The minimum atomic E-state index is 0.597. The van der Waals surface area contributed by atoms with Crippen LogP contribution in [0.3, 0.4) is 0 Å². The van der Waals surface area contributed by atoms with E-state index in [2.05, 4.69) is 435 Å². The number of pyridine rings is 2. The third-order valence-electron chi connectivity index (χ3n) is 31.6. The lowest BCUT2D eigenvalue weighted by Gasteiger charge is -2.13. The van der Waals surface area contributed by atoms with Gasteiger partial charge in [-0.2, -0.15) is 5.26 Å². The molecule has 146 heavy (non-hydrogen) atoms. The summed E-state index contributed by atoms with van der Waals surface area (Å²) in [5.74, 6) is 0.601. The molecule has 35 rings (SSSR count). The predicted octanol–water partition coefficient (Wildman–Crippen LogP) is 33.7. The van der Waals surface area contributed by atoms with E-state index in [0.29, 0.717) is 11.5 Å². The smallest absolute Gasteiger partial charge is 0.235 e. The van der Waals surface area contributed by atoms with Crippen LogP contribution in [0.15, 0.2) is 455 Å². The van der Waals surface area contributed by atoms with E-state index in [1.165, 1.54) is 223 Å². The third-order valence-corrected chi connectivity index (χ3v) is 31.6. The first-order chi connectivity index (χ1) is 72.5. The first-order valence-corrected chi connectivity index (χ1v) is 49.7. The number of benzene rings is 21. The van der Waals surface area contributed by atoms with E-state index in [9.17, 15) is 5.26 Å². The molecule has 0 aliphatic heterocycles. The fourth-order valence-corrected chi connectivity index (χ4v) is 25.9. The molecule has 0 amide bonds. The second-order valence-electron chi connectivity index (χ2n) is 38.9. The van der Waals surface area contributed by atoms with Crippen molar-refractivity contribution in [1.29, 1.82) is 5.26 Å². The van der Waals surface area contributed by atoms with Crippen LogP contribution in [0.25, 0.3) is 307 Å². The van der Waals surface area contributed by atoms with E-state index in [1.54, 1.807) is 0 Å². The summed E-state index contributed by atoms with van der Waals surface area (Å²) >= 11 is 0. The monoisotopic (exact) mass is 1850 g/mol.